The first-order valence-electron chi connectivity index (χ1n) is 11.1. The van der Waals surface area contributed by atoms with Crippen LogP contribution in [0.5, 0.6) is 0 Å². The van der Waals surface area contributed by atoms with Crippen molar-refractivity contribution in [3.05, 3.63) is 64.7 Å². The Bertz CT molecular complexity index is 1060. The highest BCUT2D eigenvalue weighted by Crippen LogP contribution is 2.37. The van der Waals surface area contributed by atoms with Crippen LogP contribution in [0.15, 0.2) is 42.5 Å². The molecule has 2 aliphatic rings. The van der Waals surface area contributed by atoms with Crippen molar-refractivity contribution in [2.24, 2.45) is 0 Å². The molecule has 0 saturated carbocycles. The second-order valence-corrected chi connectivity index (χ2v) is 8.52. The lowest BCUT2D eigenvalue weighted by atomic mass is 9.85. The number of anilines is 1. The Balaban J connectivity index is 1.40. The zero-order chi connectivity index (χ0) is 23.4. The number of nitrogens with one attached hydrogen (secondary N) is 1. The van der Waals surface area contributed by atoms with Crippen molar-refractivity contribution in [3.63, 3.8) is 0 Å². The molecule has 1 N–H and O–H groups in total. The number of ether oxygens (including phenoxy) is 2. The van der Waals surface area contributed by atoms with E-state index >= 15 is 4.39 Å². The van der Waals surface area contributed by atoms with E-state index in [1.54, 1.807) is 47.4 Å². The third-order valence-electron chi connectivity index (χ3n) is 6.29. The van der Waals surface area contributed by atoms with E-state index in [0.29, 0.717) is 55.1 Å². The van der Waals surface area contributed by atoms with E-state index in [2.05, 4.69) is 11.2 Å². The van der Waals surface area contributed by atoms with Crippen LogP contribution in [0.2, 0.25) is 0 Å². The van der Waals surface area contributed by atoms with E-state index in [9.17, 15) is 9.59 Å². The summed E-state index contributed by atoms with van der Waals surface area (Å²) in [5.41, 5.74) is 1.53. The average Bonchev–Trinajstić information content (AvgIpc) is 3.33. The maximum Gasteiger partial charge on any atom is 0.411 e. The van der Waals surface area contributed by atoms with Crippen LogP contribution in [0.3, 0.4) is 0 Å². The van der Waals surface area contributed by atoms with Crippen LogP contribution in [0.4, 0.5) is 14.9 Å². The van der Waals surface area contributed by atoms with Gasteiger partial charge < -0.3 is 14.4 Å². The van der Waals surface area contributed by atoms with E-state index in [4.69, 9.17) is 15.9 Å². The molecule has 2 heterocycles. The van der Waals surface area contributed by atoms with Gasteiger partial charge in [0.1, 0.15) is 11.8 Å². The molecule has 172 valence electrons. The molecule has 0 aliphatic carbocycles. The highest BCUT2D eigenvalue weighted by Gasteiger charge is 2.38. The smallest absolute Gasteiger partial charge is 0.411 e. The maximum absolute atomic E-state index is 15.6. The summed E-state index contributed by atoms with van der Waals surface area (Å²) in [7, 11) is 0. The van der Waals surface area contributed by atoms with Gasteiger partial charge in [0.2, 0.25) is 0 Å². The predicted molar refractivity (Wildman–Crippen MR) is 123 cm³/mol. The minimum absolute atomic E-state index is 0.182. The Morgan fingerprint density at radius 2 is 1.94 bits per heavy atom. The number of alkyl halides is 1. The van der Waals surface area contributed by atoms with Crippen molar-refractivity contribution in [3.8, 4) is 12.3 Å². The lowest BCUT2D eigenvalue weighted by Crippen LogP contribution is -2.43. The molecule has 33 heavy (non-hydrogen) atoms. The molecule has 0 aromatic heterocycles. The van der Waals surface area contributed by atoms with Crippen LogP contribution in [-0.2, 0) is 15.1 Å². The normalized spacial score (nSPS) is 19.5. The zero-order valence-corrected chi connectivity index (χ0v) is 18.6. The van der Waals surface area contributed by atoms with E-state index in [0.717, 1.165) is 5.56 Å². The van der Waals surface area contributed by atoms with Gasteiger partial charge in [0, 0.05) is 49.2 Å². The lowest BCUT2D eigenvalue weighted by Gasteiger charge is -2.37. The summed E-state index contributed by atoms with van der Waals surface area (Å²) in [5.74, 6) is 2.35. The van der Waals surface area contributed by atoms with E-state index in [-0.39, 0.29) is 24.9 Å². The summed E-state index contributed by atoms with van der Waals surface area (Å²) in [6, 6.07) is 12.1. The van der Waals surface area contributed by atoms with Crippen LogP contribution < -0.4 is 5.32 Å². The number of terminal acetylenes is 1. The molecule has 1 atom stereocenters. The van der Waals surface area contributed by atoms with Gasteiger partial charge in [-0.15, -0.1) is 6.42 Å². The molecule has 0 radical (unpaired) electrons. The summed E-state index contributed by atoms with van der Waals surface area (Å²) in [5, 5.41) is 2.68. The molecule has 2 aromatic rings. The number of carbonyl (C=O) groups is 2. The molecule has 6 nitrogen and oxygen atoms in total. The topological polar surface area (TPSA) is 67.9 Å². The summed E-state index contributed by atoms with van der Waals surface area (Å²) < 4.78 is 26.1. The highest BCUT2D eigenvalue weighted by molar-refractivity contribution is 5.97. The Hall–Kier alpha value is -3.37. The molecule has 0 bridgehead atoms. The molecule has 2 fully saturated rings. The van der Waals surface area contributed by atoms with Crippen LogP contribution in [0.1, 0.15) is 46.3 Å². The van der Waals surface area contributed by atoms with Crippen molar-refractivity contribution in [1.29, 1.82) is 0 Å². The fraction of sp³-hybridized carbons (Fsp3) is 0.385. The van der Waals surface area contributed by atoms with Crippen molar-refractivity contribution in [2.45, 2.75) is 38.0 Å². The number of piperidine rings is 1. The number of aryl methyl sites for hydroxylation is 1. The number of benzene rings is 2. The molecule has 0 spiro atoms. The Morgan fingerprint density at radius 3 is 2.58 bits per heavy atom. The molecule has 2 amide bonds. The number of halogens is 1. The van der Waals surface area contributed by atoms with Crippen LogP contribution in [-0.4, -0.2) is 49.3 Å². The van der Waals surface area contributed by atoms with Gasteiger partial charge in [-0.25, -0.2) is 9.18 Å². The zero-order valence-electron chi connectivity index (χ0n) is 18.6. The van der Waals surface area contributed by atoms with Crippen molar-refractivity contribution < 1.29 is 23.5 Å². The third kappa shape index (κ3) is 5.18. The first-order chi connectivity index (χ1) is 15.9. The number of carbonyl (C=O) groups excluding carboxylic acids is 2. The van der Waals surface area contributed by atoms with E-state index in [1.165, 1.54) is 0 Å². The Kier molecular flexibility index (Phi) is 6.66. The standard InChI is InChI=1S/C26H27FN2O4/c1-3-19-5-7-20(8-6-19)26(27)11-13-29(14-12-26)24(30)23-16-21(9-4-18(23)2)28-25(31)33-22-10-15-32-17-22/h1,4-9,16,22H,10-15,17H2,2H3,(H,28,31)/t22-/m1/s1. The monoisotopic (exact) mass is 450 g/mol. The van der Waals surface area contributed by atoms with Gasteiger partial charge in [0.25, 0.3) is 5.91 Å². The van der Waals surface area contributed by atoms with Crippen LogP contribution >= 0.6 is 0 Å². The predicted octanol–water partition coefficient (Wildman–Crippen LogP) is 4.41. The van der Waals surface area contributed by atoms with Gasteiger partial charge in [-0.2, -0.15) is 0 Å². The Morgan fingerprint density at radius 1 is 1.21 bits per heavy atom. The maximum atomic E-state index is 15.6. The van der Waals surface area contributed by atoms with E-state index in [1.807, 2.05) is 6.92 Å². The van der Waals surface area contributed by atoms with Crippen molar-refractivity contribution in [1.82, 2.24) is 4.90 Å². The minimum atomic E-state index is -1.49. The molecule has 7 heteroatoms. The SMILES string of the molecule is C#Cc1ccc(C2(F)CCN(C(=O)c3cc(NC(=O)O[C@@H]4CCOC4)ccc3C)CC2)cc1. The minimum Gasteiger partial charge on any atom is -0.443 e. The summed E-state index contributed by atoms with van der Waals surface area (Å²) in [4.78, 5) is 27.0. The van der Waals surface area contributed by atoms with Gasteiger partial charge >= 0.3 is 6.09 Å². The molecule has 2 aliphatic heterocycles. The Labute approximate surface area is 193 Å². The largest absolute Gasteiger partial charge is 0.443 e. The molecule has 2 saturated heterocycles. The summed E-state index contributed by atoms with van der Waals surface area (Å²) in [6.07, 6.45) is 5.63. The summed E-state index contributed by atoms with van der Waals surface area (Å²) in [6.45, 7) is 3.40. The fourth-order valence-electron chi connectivity index (χ4n) is 4.22. The van der Waals surface area contributed by atoms with Crippen molar-refractivity contribution in [2.75, 3.05) is 31.6 Å². The molecular weight excluding hydrogens is 423 g/mol. The number of hydrogen-bond donors (Lipinski definition) is 1. The van der Waals surface area contributed by atoms with Gasteiger partial charge in [0.15, 0.2) is 0 Å². The summed E-state index contributed by atoms with van der Waals surface area (Å²) >= 11 is 0. The molecule has 4 rings (SSSR count). The number of nitrogens with zero attached hydrogens (tertiary/aromatic N) is 1. The number of rotatable bonds is 4. The van der Waals surface area contributed by atoms with Crippen LogP contribution in [0.25, 0.3) is 0 Å². The van der Waals surface area contributed by atoms with Gasteiger partial charge in [-0.3, -0.25) is 10.1 Å². The molecule has 2 aromatic carbocycles. The number of amides is 2. The van der Waals surface area contributed by atoms with Crippen molar-refractivity contribution >= 4 is 17.7 Å². The molecule has 0 unspecified atom stereocenters. The quantitative estimate of drug-likeness (QED) is 0.701. The number of hydrogen-bond acceptors (Lipinski definition) is 4. The average molecular weight is 451 g/mol. The van der Waals surface area contributed by atoms with Gasteiger partial charge in [-0.1, -0.05) is 24.1 Å². The first-order valence-corrected chi connectivity index (χ1v) is 11.1. The highest BCUT2D eigenvalue weighted by atomic mass is 19.1. The molecular formula is C26H27FN2O4. The third-order valence-corrected chi connectivity index (χ3v) is 6.29. The first kappa shape index (κ1) is 22.8. The van der Waals surface area contributed by atoms with Gasteiger partial charge in [-0.05, 0) is 42.3 Å². The van der Waals surface area contributed by atoms with Gasteiger partial charge in [0.05, 0.1) is 13.2 Å². The van der Waals surface area contributed by atoms with Crippen LogP contribution in [0, 0.1) is 19.3 Å². The second-order valence-electron chi connectivity index (χ2n) is 8.52. The number of likely N-dealkylation sites (tertiary alicyclic amines) is 1. The lowest BCUT2D eigenvalue weighted by molar-refractivity contribution is 0.0421. The van der Waals surface area contributed by atoms with E-state index < -0.39 is 11.8 Å². The second kappa shape index (κ2) is 9.63. The fourth-order valence-corrected chi connectivity index (χ4v) is 4.22.